The molecule has 0 radical (unpaired) electrons. The zero-order valence-electron chi connectivity index (χ0n) is 27.9. The fourth-order valence-electron chi connectivity index (χ4n) is 5.99. The molecular formula is C38H38Cl2N4O6S. The van der Waals surface area contributed by atoms with Gasteiger partial charge in [-0.3, -0.25) is 4.79 Å². The van der Waals surface area contributed by atoms with Crippen molar-refractivity contribution < 1.29 is 27.8 Å². The molecule has 5 aromatic rings. The van der Waals surface area contributed by atoms with Gasteiger partial charge in [0.25, 0.3) is 0 Å². The summed E-state index contributed by atoms with van der Waals surface area (Å²) in [7, 11) is -4.02. The van der Waals surface area contributed by atoms with Gasteiger partial charge in [-0.1, -0.05) is 115 Å². The Morgan fingerprint density at radius 2 is 1.65 bits per heavy atom. The summed E-state index contributed by atoms with van der Waals surface area (Å²) in [4.78, 5) is 18.0. The number of ether oxygens (including phenoxy) is 2. The van der Waals surface area contributed by atoms with E-state index < -0.39 is 40.5 Å². The monoisotopic (exact) mass is 748 g/mol. The molecule has 0 aliphatic carbocycles. The zero-order chi connectivity index (χ0) is 36.1. The number of sulfonamides is 1. The van der Waals surface area contributed by atoms with E-state index in [1.165, 1.54) is 12.1 Å². The lowest BCUT2D eigenvalue weighted by Crippen LogP contribution is -2.45. The molecule has 0 spiro atoms. The molecule has 266 valence electrons. The van der Waals surface area contributed by atoms with Crippen LogP contribution in [0.5, 0.6) is 0 Å². The van der Waals surface area contributed by atoms with Crippen molar-refractivity contribution in [2.45, 2.75) is 62.9 Å². The van der Waals surface area contributed by atoms with E-state index in [4.69, 9.17) is 32.7 Å². The van der Waals surface area contributed by atoms with Gasteiger partial charge in [-0.2, -0.15) is 4.72 Å². The highest BCUT2D eigenvalue weighted by atomic mass is 35.5. The topological polar surface area (TPSA) is 132 Å². The molecule has 1 aliphatic rings. The maximum absolute atomic E-state index is 13.8. The Balaban J connectivity index is 1.26. The van der Waals surface area contributed by atoms with E-state index in [-0.39, 0.29) is 29.0 Å². The first-order valence-corrected chi connectivity index (χ1v) is 18.6. The standard InChI is InChI=1S/C38H38Cl2N4O6S/c1-24-11-17-31(18-12-24)51(47,48)43-32(19-26-7-4-3-5-8-26)37(46)42-30-10-6-9-29(20-30)38-49-33(21-44-23-41-35(39)36(44)40)25(2)34(50-38)28-15-13-27(22-45)14-16-28/h3-18,20,23,25,32-34,38,43,45H,19,21-22H2,1-2H3,(H,42,46). The van der Waals surface area contributed by atoms with Gasteiger partial charge >= 0.3 is 0 Å². The number of aliphatic hydroxyl groups is 1. The first-order valence-electron chi connectivity index (χ1n) is 16.4. The molecule has 3 N–H and O–H groups in total. The molecule has 51 heavy (non-hydrogen) atoms. The van der Waals surface area contributed by atoms with Crippen LogP contribution in [0.25, 0.3) is 0 Å². The minimum atomic E-state index is -4.02. The number of rotatable bonds is 12. The summed E-state index contributed by atoms with van der Waals surface area (Å²) >= 11 is 12.6. The molecule has 1 amide bonds. The van der Waals surface area contributed by atoms with E-state index >= 15 is 0 Å². The summed E-state index contributed by atoms with van der Waals surface area (Å²) in [5.74, 6) is -0.668. The Labute approximate surface area is 307 Å². The SMILES string of the molecule is Cc1ccc(S(=O)(=O)NC(Cc2ccccc2)C(=O)Nc2cccc(C3OC(Cn4cnc(Cl)c4Cl)C(C)C(c4ccc(CO)cc4)O3)c2)cc1. The van der Waals surface area contributed by atoms with Gasteiger partial charge in [0.2, 0.25) is 15.9 Å². The van der Waals surface area contributed by atoms with Gasteiger partial charge in [-0.15, -0.1) is 0 Å². The average molecular weight is 750 g/mol. The number of nitrogens with zero attached hydrogens (tertiary/aromatic N) is 2. The van der Waals surface area contributed by atoms with E-state index in [9.17, 15) is 18.3 Å². The van der Waals surface area contributed by atoms with Crippen LogP contribution in [0.3, 0.4) is 0 Å². The van der Waals surface area contributed by atoms with Crippen LogP contribution in [0.1, 0.15) is 47.1 Å². The van der Waals surface area contributed by atoms with Crippen LogP contribution in [-0.4, -0.2) is 41.1 Å². The lowest BCUT2D eigenvalue weighted by atomic mass is 9.90. The highest BCUT2D eigenvalue weighted by Gasteiger charge is 2.39. The molecule has 1 fully saturated rings. The minimum Gasteiger partial charge on any atom is -0.392 e. The number of hydrogen-bond acceptors (Lipinski definition) is 7. The summed E-state index contributed by atoms with van der Waals surface area (Å²) < 4.78 is 44.3. The molecule has 1 saturated heterocycles. The number of aryl methyl sites for hydroxylation is 1. The summed E-state index contributed by atoms with van der Waals surface area (Å²) in [5, 5.41) is 13.0. The third-order valence-corrected chi connectivity index (χ3v) is 11.1. The lowest BCUT2D eigenvalue weighted by molar-refractivity contribution is -0.276. The van der Waals surface area contributed by atoms with Gasteiger partial charge in [0, 0.05) is 17.2 Å². The number of imidazole rings is 1. The first kappa shape index (κ1) is 36.7. The number of anilines is 1. The van der Waals surface area contributed by atoms with Crippen LogP contribution >= 0.6 is 23.2 Å². The summed E-state index contributed by atoms with van der Waals surface area (Å²) in [6, 6.07) is 29.2. The number of nitrogens with one attached hydrogen (secondary N) is 2. The molecule has 5 unspecified atom stereocenters. The highest BCUT2D eigenvalue weighted by Crippen LogP contribution is 2.42. The number of benzene rings is 4. The van der Waals surface area contributed by atoms with Gasteiger partial charge in [-0.25, -0.2) is 13.4 Å². The molecule has 2 heterocycles. The van der Waals surface area contributed by atoms with Gasteiger partial charge in [-0.05, 0) is 54.3 Å². The number of aliphatic hydroxyl groups excluding tert-OH is 1. The Bertz CT molecular complexity index is 2060. The second-order valence-corrected chi connectivity index (χ2v) is 15.0. The van der Waals surface area contributed by atoms with Crippen LogP contribution in [0.4, 0.5) is 5.69 Å². The fourth-order valence-corrected chi connectivity index (χ4v) is 7.50. The summed E-state index contributed by atoms with van der Waals surface area (Å²) in [5.41, 5.74) is 4.46. The molecule has 4 aromatic carbocycles. The molecule has 1 aromatic heterocycles. The minimum absolute atomic E-state index is 0.0659. The second-order valence-electron chi connectivity index (χ2n) is 12.6. The Morgan fingerprint density at radius 3 is 2.31 bits per heavy atom. The predicted molar refractivity (Wildman–Crippen MR) is 196 cm³/mol. The van der Waals surface area contributed by atoms with Crippen molar-refractivity contribution in [1.82, 2.24) is 14.3 Å². The quantitative estimate of drug-likeness (QED) is 0.125. The van der Waals surface area contributed by atoms with Crippen molar-refractivity contribution in [3.05, 3.63) is 148 Å². The van der Waals surface area contributed by atoms with Crippen LogP contribution in [0, 0.1) is 12.8 Å². The Hall–Kier alpha value is -4.07. The zero-order valence-corrected chi connectivity index (χ0v) is 30.3. The van der Waals surface area contributed by atoms with Gasteiger partial charge in [0.05, 0.1) is 36.6 Å². The normalized spacial score (nSPS) is 19.8. The number of hydrogen-bond donors (Lipinski definition) is 3. The van der Waals surface area contributed by atoms with Crippen molar-refractivity contribution >= 4 is 44.8 Å². The first-order chi connectivity index (χ1) is 24.5. The van der Waals surface area contributed by atoms with Crippen LogP contribution < -0.4 is 10.0 Å². The number of carbonyl (C=O) groups is 1. The van der Waals surface area contributed by atoms with Crippen LogP contribution in [0.15, 0.2) is 114 Å². The van der Waals surface area contributed by atoms with Gasteiger partial charge in [0.1, 0.15) is 11.2 Å². The highest BCUT2D eigenvalue weighted by molar-refractivity contribution is 7.89. The molecule has 13 heteroatoms. The number of carbonyl (C=O) groups excluding carboxylic acids is 1. The van der Waals surface area contributed by atoms with Crippen molar-refractivity contribution in [3.63, 3.8) is 0 Å². The van der Waals surface area contributed by atoms with Crippen molar-refractivity contribution in [2.75, 3.05) is 5.32 Å². The lowest BCUT2D eigenvalue weighted by Gasteiger charge is -2.41. The average Bonchev–Trinajstić information content (AvgIpc) is 3.45. The largest absolute Gasteiger partial charge is 0.392 e. The van der Waals surface area contributed by atoms with Crippen molar-refractivity contribution in [1.29, 1.82) is 0 Å². The molecule has 0 bridgehead atoms. The summed E-state index contributed by atoms with van der Waals surface area (Å²) in [6.45, 7) is 4.17. The molecule has 6 rings (SSSR count). The molecule has 5 atom stereocenters. The number of halogens is 2. The van der Waals surface area contributed by atoms with E-state index in [1.807, 2.05) is 74.5 Å². The van der Waals surface area contributed by atoms with E-state index in [2.05, 4.69) is 15.0 Å². The maximum atomic E-state index is 13.8. The summed E-state index contributed by atoms with van der Waals surface area (Å²) in [6.07, 6.45) is 0.0561. The van der Waals surface area contributed by atoms with E-state index in [0.717, 1.165) is 22.3 Å². The predicted octanol–water partition coefficient (Wildman–Crippen LogP) is 7.01. The number of amides is 1. The fraction of sp³-hybridized carbons (Fsp3) is 0.263. The van der Waals surface area contributed by atoms with Crippen LogP contribution in [-0.2, 0) is 43.9 Å². The third-order valence-electron chi connectivity index (χ3n) is 8.89. The van der Waals surface area contributed by atoms with Crippen molar-refractivity contribution in [2.24, 2.45) is 5.92 Å². The molecular weight excluding hydrogens is 711 g/mol. The molecule has 1 aliphatic heterocycles. The molecule has 0 saturated carbocycles. The van der Waals surface area contributed by atoms with E-state index in [0.29, 0.717) is 22.9 Å². The second kappa shape index (κ2) is 16.1. The smallest absolute Gasteiger partial charge is 0.242 e. The van der Waals surface area contributed by atoms with Crippen molar-refractivity contribution in [3.8, 4) is 0 Å². The van der Waals surface area contributed by atoms with Gasteiger partial charge in [0.15, 0.2) is 11.4 Å². The Kier molecular flexibility index (Phi) is 11.6. The molecule has 10 nitrogen and oxygen atoms in total. The Morgan fingerprint density at radius 1 is 0.922 bits per heavy atom. The van der Waals surface area contributed by atoms with Gasteiger partial charge < -0.3 is 24.5 Å². The number of aromatic nitrogens is 2. The van der Waals surface area contributed by atoms with E-state index in [1.54, 1.807) is 41.2 Å². The van der Waals surface area contributed by atoms with Crippen LogP contribution in [0.2, 0.25) is 10.3 Å². The maximum Gasteiger partial charge on any atom is 0.242 e. The third kappa shape index (κ3) is 8.88.